The number of nitrogens with zero attached hydrogens (tertiary/aromatic N) is 2. The molecule has 0 saturated heterocycles. The van der Waals surface area contributed by atoms with Crippen LogP contribution in [0.4, 0.5) is 11.4 Å². The number of carbonyl (C=O) groups is 1. The summed E-state index contributed by atoms with van der Waals surface area (Å²) in [5.74, 6) is 0.482. The number of carbonyl (C=O) groups excluding carboxylic acids is 1. The van der Waals surface area contributed by atoms with Crippen molar-refractivity contribution in [2.24, 2.45) is 0 Å². The van der Waals surface area contributed by atoms with Crippen molar-refractivity contribution in [2.45, 2.75) is 19.3 Å². The predicted molar refractivity (Wildman–Crippen MR) is 84.3 cm³/mol. The fourth-order valence-electron chi connectivity index (χ4n) is 2.87. The number of rotatable bonds is 2. The summed E-state index contributed by atoms with van der Waals surface area (Å²) in [5, 5.41) is 9.09. The van der Waals surface area contributed by atoms with E-state index in [0.717, 1.165) is 11.3 Å². The number of anilines is 2. The second kappa shape index (κ2) is 4.88. The Hall–Kier alpha value is -2.80. The quantitative estimate of drug-likeness (QED) is 0.851. The lowest BCUT2D eigenvalue weighted by molar-refractivity contribution is -0.121. The van der Waals surface area contributed by atoms with E-state index in [2.05, 4.69) is 6.07 Å². The van der Waals surface area contributed by atoms with E-state index in [9.17, 15) is 4.79 Å². The molecule has 1 aliphatic rings. The molecule has 2 aromatic rings. The molecular formula is C18H16N2O2. The van der Waals surface area contributed by atoms with Crippen LogP contribution in [0.5, 0.6) is 5.75 Å². The minimum absolute atomic E-state index is 0.0143. The van der Waals surface area contributed by atoms with Gasteiger partial charge in [-0.05, 0) is 37.6 Å². The van der Waals surface area contributed by atoms with E-state index >= 15 is 0 Å². The molecule has 0 unspecified atom stereocenters. The molecule has 4 nitrogen and oxygen atoms in total. The SMILES string of the molecule is COc1cc(N2C(=O)C(C)(C)c3ccccc32)ccc1C#N. The summed E-state index contributed by atoms with van der Waals surface area (Å²) in [5.41, 5.74) is 2.47. The first-order valence-corrected chi connectivity index (χ1v) is 7.03. The van der Waals surface area contributed by atoms with Gasteiger partial charge in [0.1, 0.15) is 11.8 Å². The highest BCUT2D eigenvalue weighted by atomic mass is 16.5. The number of amides is 1. The molecule has 0 spiro atoms. The van der Waals surface area contributed by atoms with Crippen molar-refractivity contribution in [3.8, 4) is 11.8 Å². The maximum absolute atomic E-state index is 12.9. The Morgan fingerprint density at radius 3 is 2.59 bits per heavy atom. The molecule has 0 atom stereocenters. The van der Waals surface area contributed by atoms with Gasteiger partial charge in [0.2, 0.25) is 5.91 Å². The highest BCUT2D eigenvalue weighted by molar-refractivity contribution is 6.12. The number of nitriles is 1. The summed E-state index contributed by atoms with van der Waals surface area (Å²) in [6.07, 6.45) is 0. The Kier molecular flexibility index (Phi) is 3.14. The highest BCUT2D eigenvalue weighted by Crippen LogP contribution is 2.45. The van der Waals surface area contributed by atoms with Crippen LogP contribution in [0.2, 0.25) is 0 Å². The topological polar surface area (TPSA) is 53.3 Å². The monoisotopic (exact) mass is 292 g/mol. The third-order valence-corrected chi connectivity index (χ3v) is 4.12. The van der Waals surface area contributed by atoms with Crippen molar-refractivity contribution in [1.29, 1.82) is 5.26 Å². The van der Waals surface area contributed by atoms with Crippen LogP contribution in [0.3, 0.4) is 0 Å². The van der Waals surface area contributed by atoms with E-state index in [1.54, 1.807) is 23.1 Å². The molecule has 4 heteroatoms. The van der Waals surface area contributed by atoms with Gasteiger partial charge in [-0.1, -0.05) is 18.2 Å². The van der Waals surface area contributed by atoms with Crippen molar-refractivity contribution < 1.29 is 9.53 Å². The maximum atomic E-state index is 12.9. The highest BCUT2D eigenvalue weighted by Gasteiger charge is 2.44. The first-order chi connectivity index (χ1) is 10.5. The number of methoxy groups -OCH3 is 1. The molecule has 22 heavy (non-hydrogen) atoms. The van der Waals surface area contributed by atoms with Gasteiger partial charge in [0.05, 0.1) is 29.5 Å². The van der Waals surface area contributed by atoms with E-state index in [-0.39, 0.29) is 5.91 Å². The van der Waals surface area contributed by atoms with Crippen molar-refractivity contribution in [1.82, 2.24) is 0 Å². The lowest BCUT2D eigenvalue weighted by Crippen LogP contribution is -2.33. The number of para-hydroxylation sites is 1. The molecule has 0 N–H and O–H groups in total. The molecule has 1 amide bonds. The van der Waals surface area contributed by atoms with Crippen LogP contribution < -0.4 is 9.64 Å². The first-order valence-electron chi connectivity index (χ1n) is 7.03. The van der Waals surface area contributed by atoms with Gasteiger partial charge in [-0.15, -0.1) is 0 Å². The molecule has 0 fully saturated rings. The zero-order valence-corrected chi connectivity index (χ0v) is 12.8. The standard InChI is InChI=1S/C18H16N2O2/c1-18(2)14-6-4-5-7-15(14)20(17(18)21)13-9-8-12(11-19)16(10-13)22-3/h4-10H,1-3H3. The van der Waals surface area contributed by atoms with Gasteiger partial charge in [0.15, 0.2) is 0 Å². The number of fused-ring (bicyclic) bond motifs is 1. The Labute approximate surface area is 129 Å². The minimum Gasteiger partial charge on any atom is -0.495 e. The molecule has 0 saturated carbocycles. The molecule has 1 heterocycles. The molecule has 2 aromatic carbocycles. The lowest BCUT2D eigenvalue weighted by atomic mass is 9.86. The van der Waals surface area contributed by atoms with Crippen LogP contribution in [-0.2, 0) is 10.2 Å². The lowest BCUT2D eigenvalue weighted by Gasteiger charge is -2.21. The van der Waals surface area contributed by atoms with Gasteiger partial charge < -0.3 is 4.74 Å². The van der Waals surface area contributed by atoms with E-state index in [1.165, 1.54) is 7.11 Å². The number of ether oxygens (including phenoxy) is 1. The van der Waals surface area contributed by atoms with Crippen LogP contribution in [0.15, 0.2) is 42.5 Å². The van der Waals surface area contributed by atoms with Crippen LogP contribution >= 0.6 is 0 Å². The van der Waals surface area contributed by atoms with Gasteiger partial charge in [-0.25, -0.2) is 0 Å². The zero-order valence-electron chi connectivity index (χ0n) is 12.8. The average Bonchev–Trinajstić information content (AvgIpc) is 2.74. The van der Waals surface area contributed by atoms with Crippen LogP contribution in [0.25, 0.3) is 0 Å². The second-order valence-electron chi connectivity index (χ2n) is 5.78. The zero-order chi connectivity index (χ0) is 15.9. The Morgan fingerprint density at radius 2 is 1.91 bits per heavy atom. The largest absolute Gasteiger partial charge is 0.495 e. The number of hydrogen-bond donors (Lipinski definition) is 0. The molecule has 3 rings (SSSR count). The summed E-state index contributed by atoms with van der Waals surface area (Å²) in [6.45, 7) is 3.85. The van der Waals surface area contributed by atoms with Crippen molar-refractivity contribution in [3.05, 3.63) is 53.6 Å². The first kappa shape index (κ1) is 14.2. The summed E-state index contributed by atoms with van der Waals surface area (Å²) in [7, 11) is 1.52. The third kappa shape index (κ3) is 1.86. The summed E-state index contributed by atoms with van der Waals surface area (Å²) in [4.78, 5) is 14.6. The number of benzene rings is 2. The molecule has 0 aromatic heterocycles. The predicted octanol–water partition coefficient (Wildman–Crippen LogP) is 3.52. The molecule has 0 bridgehead atoms. The van der Waals surface area contributed by atoms with Crippen LogP contribution in [-0.4, -0.2) is 13.0 Å². The molecule has 0 radical (unpaired) electrons. The van der Waals surface area contributed by atoms with Crippen molar-refractivity contribution in [2.75, 3.05) is 12.0 Å². The summed E-state index contributed by atoms with van der Waals surface area (Å²) < 4.78 is 5.25. The Morgan fingerprint density at radius 1 is 1.18 bits per heavy atom. The van der Waals surface area contributed by atoms with Gasteiger partial charge in [0.25, 0.3) is 0 Å². The van der Waals surface area contributed by atoms with Gasteiger partial charge in [0, 0.05) is 6.07 Å². The second-order valence-corrected chi connectivity index (χ2v) is 5.78. The van der Waals surface area contributed by atoms with Crippen molar-refractivity contribution in [3.63, 3.8) is 0 Å². The third-order valence-electron chi connectivity index (χ3n) is 4.12. The Balaban J connectivity index is 2.18. The van der Waals surface area contributed by atoms with Crippen LogP contribution in [0.1, 0.15) is 25.0 Å². The molecular weight excluding hydrogens is 276 g/mol. The van der Waals surface area contributed by atoms with Gasteiger partial charge >= 0.3 is 0 Å². The summed E-state index contributed by atoms with van der Waals surface area (Å²) >= 11 is 0. The molecule has 110 valence electrons. The number of hydrogen-bond acceptors (Lipinski definition) is 3. The molecule has 0 aliphatic carbocycles. The summed E-state index contributed by atoms with van der Waals surface area (Å²) in [6, 6.07) is 15.0. The van der Waals surface area contributed by atoms with Crippen molar-refractivity contribution >= 4 is 17.3 Å². The smallest absolute Gasteiger partial charge is 0.241 e. The van der Waals surface area contributed by atoms with Gasteiger partial charge in [-0.3, -0.25) is 9.69 Å². The fourth-order valence-corrected chi connectivity index (χ4v) is 2.87. The maximum Gasteiger partial charge on any atom is 0.241 e. The van der Waals surface area contributed by atoms with Crippen LogP contribution in [0, 0.1) is 11.3 Å². The van der Waals surface area contributed by atoms with E-state index in [0.29, 0.717) is 17.0 Å². The van der Waals surface area contributed by atoms with E-state index in [4.69, 9.17) is 10.00 Å². The normalized spacial score (nSPS) is 15.4. The Bertz CT molecular complexity index is 803. The molecule has 1 aliphatic heterocycles. The fraction of sp³-hybridized carbons (Fsp3) is 0.222. The van der Waals surface area contributed by atoms with Gasteiger partial charge in [-0.2, -0.15) is 5.26 Å². The minimum atomic E-state index is -0.572. The van der Waals surface area contributed by atoms with E-state index in [1.807, 2.05) is 38.1 Å². The van der Waals surface area contributed by atoms with E-state index < -0.39 is 5.41 Å². The average molecular weight is 292 g/mol.